The average Bonchev–Trinajstić information content (AvgIpc) is 3.22. The van der Waals surface area contributed by atoms with Crippen molar-refractivity contribution in [1.29, 1.82) is 0 Å². The maximum Gasteiger partial charge on any atom is 0.275 e. The monoisotopic (exact) mass is 369 g/mol. The summed E-state index contributed by atoms with van der Waals surface area (Å²) in [7, 11) is 0. The number of rotatable bonds is 5. The minimum Gasteiger partial charge on any atom is -0.326 e. The van der Waals surface area contributed by atoms with Crippen LogP contribution in [0.5, 0.6) is 0 Å². The molecule has 2 aromatic heterocycles. The summed E-state index contributed by atoms with van der Waals surface area (Å²) < 4.78 is 1.75. The molecule has 6 nitrogen and oxygen atoms in total. The van der Waals surface area contributed by atoms with Crippen LogP contribution in [0.4, 0.5) is 5.13 Å². The molecule has 2 heterocycles. The van der Waals surface area contributed by atoms with Crippen molar-refractivity contribution in [3.8, 4) is 0 Å². The lowest BCUT2D eigenvalue weighted by atomic mass is 9.92. The summed E-state index contributed by atoms with van der Waals surface area (Å²) in [6, 6.07) is 11.8. The first-order chi connectivity index (χ1) is 12.4. The number of nitrogens with two attached hydrogens (primary N) is 1. The van der Waals surface area contributed by atoms with Crippen molar-refractivity contribution in [3.05, 3.63) is 64.4 Å². The third-order valence-corrected chi connectivity index (χ3v) is 4.87. The minimum atomic E-state index is -0.221. The zero-order valence-electron chi connectivity index (χ0n) is 15.2. The number of amides is 1. The van der Waals surface area contributed by atoms with E-state index in [2.05, 4.69) is 36.2 Å². The molecule has 0 bridgehead atoms. The average molecular weight is 369 g/mol. The molecule has 0 unspecified atom stereocenters. The SMILES string of the molecule is CC(C)(C)c1cc(C(=O)Nc2ncc(CN)s2)n(Cc2ccccc2)n1. The maximum absolute atomic E-state index is 12.8. The van der Waals surface area contributed by atoms with Crippen molar-refractivity contribution in [2.45, 2.75) is 39.3 Å². The molecule has 26 heavy (non-hydrogen) atoms. The number of hydrogen-bond acceptors (Lipinski definition) is 5. The van der Waals surface area contributed by atoms with Gasteiger partial charge in [-0.1, -0.05) is 51.1 Å². The molecule has 136 valence electrons. The third-order valence-electron chi connectivity index (χ3n) is 3.93. The highest BCUT2D eigenvalue weighted by molar-refractivity contribution is 7.15. The molecule has 3 rings (SSSR count). The first kappa shape index (κ1) is 18.3. The predicted octanol–water partition coefficient (Wildman–Crippen LogP) is 3.40. The number of nitrogens with zero attached hydrogens (tertiary/aromatic N) is 3. The van der Waals surface area contributed by atoms with Gasteiger partial charge >= 0.3 is 0 Å². The Balaban J connectivity index is 1.90. The van der Waals surface area contributed by atoms with Gasteiger partial charge in [0, 0.05) is 23.0 Å². The van der Waals surface area contributed by atoms with Gasteiger partial charge in [0.1, 0.15) is 5.69 Å². The van der Waals surface area contributed by atoms with Crippen molar-refractivity contribution in [2.24, 2.45) is 5.73 Å². The molecular formula is C19H23N5OS. The van der Waals surface area contributed by atoms with E-state index in [4.69, 9.17) is 5.73 Å². The summed E-state index contributed by atoms with van der Waals surface area (Å²) >= 11 is 1.38. The predicted molar refractivity (Wildman–Crippen MR) is 104 cm³/mol. The van der Waals surface area contributed by atoms with Crippen molar-refractivity contribution in [2.75, 3.05) is 5.32 Å². The summed E-state index contributed by atoms with van der Waals surface area (Å²) in [5.74, 6) is -0.221. The Morgan fingerprint density at radius 3 is 2.62 bits per heavy atom. The van der Waals surface area contributed by atoms with Crippen LogP contribution in [-0.2, 0) is 18.5 Å². The van der Waals surface area contributed by atoms with E-state index in [9.17, 15) is 4.79 Å². The normalized spacial score (nSPS) is 11.5. The van der Waals surface area contributed by atoms with Gasteiger partial charge in [0.2, 0.25) is 0 Å². The molecular weight excluding hydrogens is 346 g/mol. The van der Waals surface area contributed by atoms with Crippen LogP contribution < -0.4 is 11.1 Å². The quantitative estimate of drug-likeness (QED) is 0.722. The molecule has 3 N–H and O–H groups in total. The highest BCUT2D eigenvalue weighted by Gasteiger charge is 2.23. The molecule has 0 spiro atoms. The van der Waals surface area contributed by atoms with Crippen LogP contribution in [0, 0.1) is 0 Å². The van der Waals surface area contributed by atoms with E-state index in [0.29, 0.717) is 23.9 Å². The van der Waals surface area contributed by atoms with Crippen LogP contribution in [0.3, 0.4) is 0 Å². The van der Waals surface area contributed by atoms with E-state index >= 15 is 0 Å². The molecule has 0 saturated carbocycles. The molecule has 0 aliphatic rings. The number of carbonyl (C=O) groups excluding carboxylic acids is 1. The fraction of sp³-hybridized carbons (Fsp3) is 0.316. The van der Waals surface area contributed by atoms with Gasteiger partial charge in [-0.25, -0.2) is 4.98 Å². The molecule has 0 aliphatic heterocycles. The second kappa shape index (κ2) is 7.39. The zero-order chi connectivity index (χ0) is 18.7. The molecule has 3 aromatic rings. The van der Waals surface area contributed by atoms with Crippen LogP contribution in [0.25, 0.3) is 0 Å². The Labute approximate surface area is 157 Å². The number of hydrogen-bond donors (Lipinski definition) is 2. The molecule has 0 atom stereocenters. The molecule has 0 saturated heterocycles. The van der Waals surface area contributed by atoms with Gasteiger partial charge in [0.15, 0.2) is 5.13 Å². The first-order valence-electron chi connectivity index (χ1n) is 8.45. The summed E-state index contributed by atoms with van der Waals surface area (Å²) in [5.41, 5.74) is 7.94. The van der Waals surface area contributed by atoms with E-state index in [1.165, 1.54) is 11.3 Å². The lowest BCUT2D eigenvalue weighted by Gasteiger charge is -2.14. The Morgan fingerprint density at radius 1 is 1.27 bits per heavy atom. The van der Waals surface area contributed by atoms with Gasteiger partial charge in [-0.05, 0) is 11.6 Å². The van der Waals surface area contributed by atoms with Gasteiger partial charge in [0.05, 0.1) is 12.2 Å². The Morgan fingerprint density at radius 2 is 2.00 bits per heavy atom. The van der Waals surface area contributed by atoms with E-state index in [1.54, 1.807) is 10.9 Å². The largest absolute Gasteiger partial charge is 0.326 e. The highest BCUT2D eigenvalue weighted by atomic mass is 32.1. The van der Waals surface area contributed by atoms with E-state index in [-0.39, 0.29) is 11.3 Å². The van der Waals surface area contributed by atoms with Crippen molar-refractivity contribution in [3.63, 3.8) is 0 Å². The van der Waals surface area contributed by atoms with Gasteiger partial charge in [0.25, 0.3) is 5.91 Å². The zero-order valence-corrected chi connectivity index (χ0v) is 16.0. The minimum absolute atomic E-state index is 0.148. The van der Waals surface area contributed by atoms with E-state index in [0.717, 1.165) is 16.1 Å². The fourth-order valence-corrected chi connectivity index (χ4v) is 3.15. The Kier molecular flexibility index (Phi) is 5.20. The molecule has 0 aliphatic carbocycles. The van der Waals surface area contributed by atoms with Crippen molar-refractivity contribution < 1.29 is 4.79 Å². The number of benzene rings is 1. The van der Waals surface area contributed by atoms with Crippen LogP contribution >= 0.6 is 11.3 Å². The van der Waals surface area contributed by atoms with Crippen LogP contribution in [0.2, 0.25) is 0 Å². The second-order valence-corrected chi connectivity index (χ2v) is 8.21. The van der Waals surface area contributed by atoms with Crippen LogP contribution in [0.15, 0.2) is 42.6 Å². The summed E-state index contributed by atoms with van der Waals surface area (Å²) in [5, 5.41) is 8.08. The molecule has 0 fully saturated rings. The highest BCUT2D eigenvalue weighted by Crippen LogP contribution is 2.24. The topological polar surface area (TPSA) is 85.8 Å². The van der Waals surface area contributed by atoms with Crippen molar-refractivity contribution in [1.82, 2.24) is 14.8 Å². The van der Waals surface area contributed by atoms with E-state index < -0.39 is 0 Å². The van der Waals surface area contributed by atoms with Crippen molar-refractivity contribution >= 4 is 22.4 Å². The second-order valence-electron chi connectivity index (χ2n) is 7.10. The fourth-order valence-electron chi connectivity index (χ4n) is 2.46. The molecule has 1 amide bonds. The number of aromatic nitrogens is 3. The number of anilines is 1. The summed E-state index contributed by atoms with van der Waals surface area (Å²) in [6.45, 7) is 7.19. The first-order valence-corrected chi connectivity index (χ1v) is 9.27. The smallest absolute Gasteiger partial charge is 0.275 e. The number of thiazole rings is 1. The standard InChI is InChI=1S/C19H23N5OS/c1-19(2,3)16-9-15(17(25)22-18-21-11-14(10-20)26-18)24(23-16)12-13-7-5-4-6-8-13/h4-9,11H,10,12,20H2,1-3H3,(H,21,22,25). The van der Waals surface area contributed by atoms with Crippen LogP contribution in [0.1, 0.15) is 47.4 Å². The molecule has 1 aromatic carbocycles. The Hall–Kier alpha value is -2.51. The Bertz CT molecular complexity index is 892. The lowest BCUT2D eigenvalue weighted by molar-refractivity contribution is 0.101. The van der Waals surface area contributed by atoms with E-state index in [1.807, 2.05) is 36.4 Å². The molecule has 7 heteroatoms. The van der Waals surface area contributed by atoms with Gasteiger partial charge < -0.3 is 5.73 Å². The third kappa shape index (κ3) is 4.17. The van der Waals surface area contributed by atoms with Gasteiger partial charge in [-0.2, -0.15) is 5.10 Å². The maximum atomic E-state index is 12.8. The lowest BCUT2D eigenvalue weighted by Crippen LogP contribution is -2.18. The summed E-state index contributed by atoms with van der Waals surface area (Å²) in [4.78, 5) is 17.9. The number of carbonyl (C=O) groups is 1. The molecule has 0 radical (unpaired) electrons. The summed E-state index contributed by atoms with van der Waals surface area (Å²) in [6.07, 6.45) is 1.68. The van der Waals surface area contributed by atoms with Gasteiger partial charge in [-0.15, -0.1) is 11.3 Å². The van der Waals surface area contributed by atoms with Crippen LogP contribution in [-0.4, -0.2) is 20.7 Å². The van der Waals surface area contributed by atoms with Gasteiger partial charge in [-0.3, -0.25) is 14.8 Å². The number of nitrogens with one attached hydrogen (secondary N) is 1.